The van der Waals surface area contributed by atoms with Crippen LogP contribution >= 0.6 is 0 Å². The molecule has 0 bridgehead atoms. The van der Waals surface area contributed by atoms with Crippen LogP contribution in [0.2, 0.25) is 0 Å². The highest BCUT2D eigenvalue weighted by Crippen LogP contribution is 2.41. The molecule has 0 aliphatic carbocycles. The Morgan fingerprint density at radius 2 is 1.72 bits per heavy atom. The lowest BCUT2D eigenvalue weighted by molar-refractivity contribution is -0.137. The molecule has 10 nitrogen and oxygen atoms in total. The lowest BCUT2D eigenvalue weighted by Gasteiger charge is -2.29. The van der Waals surface area contributed by atoms with E-state index in [0.29, 0.717) is 29.9 Å². The smallest absolute Gasteiger partial charge is 0.372 e. The van der Waals surface area contributed by atoms with Crippen molar-refractivity contribution in [2.24, 2.45) is 0 Å². The molecule has 3 saturated heterocycles. The Bertz CT molecular complexity index is 1930. The number of hydrogen-bond acceptors (Lipinski definition) is 8. The van der Waals surface area contributed by atoms with Crippen LogP contribution in [0.3, 0.4) is 0 Å². The van der Waals surface area contributed by atoms with Gasteiger partial charge in [0.15, 0.2) is 6.23 Å². The molecule has 2 N–H and O–H groups in total. The fraction of sp³-hybridized carbons (Fsp3) is 0.400. The van der Waals surface area contributed by atoms with Gasteiger partial charge in [-0.05, 0) is 85.8 Å². The Labute approximate surface area is 307 Å². The van der Waals surface area contributed by atoms with Gasteiger partial charge >= 0.3 is 6.18 Å². The summed E-state index contributed by atoms with van der Waals surface area (Å²) in [6, 6.07) is 20.4. The van der Waals surface area contributed by atoms with Gasteiger partial charge in [-0.2, -0.15) is 13.2 Å². The van der Waals surface area contributed by atoms with Gasteiger partial charge < -0.3 is 25.2 Å². The number of carbonyl (C=O) groups is 2. The first-order chi connectivity index (χ1) is 25.6. The summed E-state index contributed by atoms with van der Waals surface area (Å²) < 4.78 is 45.8. The fourth-order valence-electron chi connectivity index (χ4n) is 7.10. The lowest BCUT2D eigenvalue weighted by Crippen LogP contribution is -2.33. The van der Waals surface area contributed by atoms with Crippen molar-refractivity contribution in [3.8, 4) is 11.3 Å². The zero-order valence-corrected chi connectivity index (χ0v) is 29.7. The summed E-state index contributed by atoms with van der Waals surface area (Å²) in [7, 11) is 0. The van der Waals surface area contributed by atoms with Crippen molar-refractivity contribution >= 4 is 23.2 Å². The molecule has 0 saturated carbocycles. The molecule has 3 fully saturated rings. The predicted octanol–water partition coefficient (Wildman–Crippen LogP) is 6.65. The highest BCUT2D eigenvalue weighted by atomic mass is 19.4. The van der Waals surface area contributed by atoms with Crippen molar-refractivity contribution in [3.05, 3.63) is 107 Å². The summed E-state index contributed by atoms with van der Waals surface area (Å²) in [6.07, 6.45) is 0.906. The van der Waals surface area contributed by atoms with Gasteiger partial charge in [0, 0.05) is 88.0 Å². The molecule has 53 heavy (non-hydrogen) atoms. The summed E-state index contributed by atoms with van der Waals surface area (Å²) >= 11 is 0. The number of aromatic nitrogens is 2. The highest BCUT2D eigenvalue weighted by molar-refractivity contribution is 5.95. The maximum absolute atomic E-state index is 13.3. The van der Waals surface area contributed by atoms with Crippen molar-refractivity contribution in [2.75, 3.05) is 49.5 Å². The van der Waals surface area contributed by atoms with Crippen LogP contribution in [0.1, 0.15) is 71.6 Å². The second-order valence-corrected chi connectivity index (χ2v) is 13.9. The molecule has 4 aromatic rings. The Morgan fingerprint density at radius 1 is 0.887 bits per heavy atom. The molecule has 0 radical (unpaired) electrons. The first-order valence-corrected chi connectivity index (χ1v) is 18.3. The second-order valence-electron chi connectivity index (χ2n) is 13.9. The molecule has 7 rings (SSSR count). The Hall–Kier alpha value is -5.01. The number of nitrogens with one attached hydrogen (secondary N) is 2. The van der Waals surface area contributed by atoms with E-state index in [-0.39, 0.29) is 24.8 Å². The number of ether oxygens (including phenoxy) is 1. The number of rotatable bonds is 10. The number of amides is 2. The van der Waals surface area contributed by atoms with Gasteiger partial charge in [0.25, 0.3) is 5.91 Å². The van der Waals surface area contributed by atoms with Crippen molar-refractivity contribution < 1.29 is 27.5 Å². The first kappa shape index (κ1) is 36.4. The number of pyridine rings is 2. The molecular formula is C40H44F3N7O3. The van der Waals surface area contributed by atoms with Crippen LogP contribution in [0.4, 0.5) is 24.5 Å². The Morgan fingerprint density at radius 3 is 2.53 bits per heavy atom. The minimum atomic E-state index is -4.46. The van der Waals surface area contributed by atoms with E-state index in [1.807, 2.05) is 29.2 Å². The number of nitrogens with zero attached hydrogens (tertiary/aromatic N) is 5. The molecule has 2 aromatic heterocycles. The number of hydrogen-bond donors (Lipinski definition) is 2. The summed E-state index contributed by atoms with van der Waals surface area (Å²) in [6.45, 7) is 7.39. The third kappa shape index (κ3) is 9.14. The maximum atomic E-state index is 13.3. The highest BCUT2D eigenvalue weighted by Gasteiger charge is 2.42. The van der Waals surface area contributed by atoms with Gasteiger partial charge in [-0.3, -0.25) is 24.5 Å². The van der Waals surface area contributed by atoms with Crippen LogP contribution in [-0.4, -0.2) is 77.1 Å². The summed E-state index contributed by atoms with van der Waals surface area (Å²) in [4.78, 5) is 41.3. The quantitative estimate of drug-likeness (QED) is 0.175. The third-order valence-electron chi connectivity index (χ3n) is 10.1. The molecule has 5 heterocycles. The maximum Gasteiger partial charge on any atom is 0.416 e. The van der Waals surface area contributed by atoms with Crippen molar-refractivity contribution in [2.45, 2.75) is 64.2 Å². The number of anilines is 2. The number of alkyl halides is 3. The standard InChI is InChI=1S/C40H44F3N7O3/c1-27(51)49-19-7-16-48(20-21-49)26-31-10-6-11-35(46-31)37-39(53-37)47-34-13-12-32(50-17-3-2-4-18-50)24-33(34)36-23-29(14-15-44-36)38(52)45-25-28-8-5-9-30(22-28)40(41,42)43/h5-6,8-15,22-24,37,39,47H,2-4,7,16-21,25-26H2,1H3,(H,45,52). The van der Waals surface area contributed by atoms with E-state index in [1.54, 1.807) is 31.3 Å². The lowest BCUT2D eigenvalue weighted by atomic mass is 10.0. The van der Waals surface area contributed by atoms with Crippen molar-refractivity contribution in [1.82, 2.24) is 25.1 Å². The van der Waals surface area contributed by atoms with Crippen molar-refractivity contribution in [3.63, 3.8) is 0 Å². The number of piperidine rings is 1. The zero-order chi connectivity index (χ0) is 37.0. The number of benzene rings is 2. The van der Waals surface area contributed by atoms with E-state index in [9.17, 15) is 22.8 Å². The van der Waals surface area contributed by atoms with E-state index < -0.39 is 17.6 Å². The summed E-state index contributed by atoms with van der Waals surface area (Å²) in [5.74, 6) is -0.303. The van der Waals surface area contributed by atoms with Crippen LogP contribution in [-0.2, 0) is 28.8 Å². The van der Waals surface area contributed by atoms with E-state index in [4.69, 9.17) is 9.72 Å². The summed E-state index contributed by atoms with van der Waals surface area (Å²) in [5.41, 5.74) is 4.97. The molecule has 278 valence electrons. The molecule has 3 aliphatic rings. The topological polar surface area (TPSA) is 106 Å². The number of halogens is 3. The first-order valence-electron chi connectivity index (χ1n) is 18.3. The Balaban J connectivity index is 1.06. The predicted molar refractivity (Wildman–Crippen MR) is 196 cm³/mol. The van der Waals surface area contributed by atoms with Gasteiger partial charge in [0.1, 0.15) is 6.10 Å². The molecule has 2 unspecified atom stereocenters. The van der Waals surface area contributed by atoms with E-state index in [2.05, 4.69) is 37.6 Å². The van der Waals surface area contributed by atoms with E-state index in [1.165, 1.54) is 12.5 Å². The normalized spacial score (nSPS) is 19.4. The van der Waals surface area contributed by atoms with Crippen LogP contribution in [0, 0.1) is 0 Å². The zero-order valence-electron chi connectivity index (χ0n) is 29.7. The van der Waals surface area contributed by atoms with Crippen LogP contribution in [0.5, 0.6) is 0 Å². The average molecular weight is 728 g/mol. The molecule has 0 spiro atoms. The molecular weight excluding hydrogens is 683 g/mol. The van der Waals surface area contributed by atoms with Gasteiger partial charge in [0.05, 0.1) is 22.6 Å². The SMILES string of the molecule is CC(=O)N1CCCN(Cc2cccc(C3OC3Nc3ccc(N4CCCCC4)cc3-c3cc(C(=O)NCc4cccc(C(F)(F)F)c4)ccn3)n2)CC1. The van der Waals surface area contributed by atoms with Crippen LogP contribution in [0.15, 0.2) is 79.0 Å². The van der Waals surface area contributed by atoms with Crippen molar-refractivity contribution in [1.29, 1.82) is 0 Å². The van der Waals surface area contributed by atoms with Gasteiger partial charge in [-0.15, -0.1) is 0 Å². The average Bonchev–Trinajstić information content (AvgIpc) is 3.98. The molecule has 2 atom stereocenters. The van der Waals surface area contributed by atoms with E-state index in [0.717, 1.165) is 92.4 Å². The van der Waals surface area contributed by atoms with Gasteiger partial charge in [-0.25, -0.2) is 0 Å². The molecule has 13 heteroatoms. The summed E-state index contributed by atoms with van der Waals surface area (Å²) in [5, 5.41) is 6.29. The van der Waals surface area contributed by atoms with E-state index >= 15 is 0 Å². The molecule has 3 aliphatic heterocycles. The molecule has 2 amide bonds. The second kappa shape index (κ2) is 15.9. The number of carbonyl (C=O) groups excluding carboxylic acids is 2. The Kier molecular flexibility index (Phi) is 10.9. The van der Waals surface area contributed by atoms with Gasteiger partial charge in [-0.1, -0.05) is 18.2 Å². The van der Waals surface area contributed by atoms with Crippen LogP contribution < -0.4 is 15.5 Å². The number of epoxide rings is 1. The van der Waals surface area contributed by atoms with Crippen LogP contribution in [0.25, 0.3) is 11.3 Å². The van der Waals surface area contributed by atoms with Gasteiger partial charge in [0.2, 0.25) is 5.91 Å². The minimum Gasteiger partial charge on any atom is -0.372 e. The largest absolute Gasteiger partial charge is 0.416 e. The third-order valence-corrected chi connectivity index (χ3v) is 10.1. The molecule has 2 aromatic carbocycles. The monoisotopic (exact) mass is 727 g/mol. The minimum absolute atomic E-state index is 0.0518. The fourth-order valence-corrected chi connectivity index (χ4v) is 7.10.